The molecule has 7 heteroatoms. The normalized spacial score (nSPS) is 10.7. The maximum atomic E-state index is 12.1. The minimum Gasteiger partial charge on any atom is -0.546 e. The molecule has 146 valence electrons. The summed E-state index contributed by atoms with van der Waals surface area (Å²) >= 11 is 0. The fraction of sp³-hybridized carbons (Fsp3) is 0.130. The minimum atomic E-state index is -1.32. The molecule has 0 aliphatic heterocycles. The zero-order chi connectivity index (χ0) is 20.5. The molecular formula is C23H19N2NaO4. The van der Waals surface area contributed by atoms with Gasteiger partial charge in [-0.1, -0.05) is 36.4 Å². The number of carbonyl (C=O) groups is 2. The van der Waals surface area contributed by atoms with Crippen molar-refractivity contribution in [3.05, 3.63) is 77.4 Å². The maximum absolute atomic E-state index is 12.1. The minimum absolute atomic E-state index is 0. The van der Waals surface area contributed by atoms with E-state index in [1.54, 1.807) is 24.3 Å². The zero-order valence-corrected chi connectivity index (χ0v) is 18.8. The van der Waals surface area contributed by atoms with Crippen LogP contribution in [0.1, 0.15) is 21.5 Å². The van der Waals surface area contributed by atoms with Gasteiger partial charge in [0, 0.05) is 17.5 Å². The summed E-state index contributed by atoms with van der Waals surface area (Å²) < 4.78 is 7.57. The van der Waals surface area contributed by atoms with Crippen LogP contribution in [0.15, 0.2) is 60.7 Å². The van der Waals surface area contributed by atoms with Crippen LogP contribution >= 0.6 is 0 Å². The van der Waals surface area contributed by atoms with Gasteiger partial charge in [-0.3, -0.25) is 4.79 Å². The predicted octanol–water partition coefficient (Wildman–Crippen LogP) is -0.617. The van der Waals surface area contributed by atoms with E-state index < -0.39 is 18.5 Å². The molecule has 1 aromatic heterocycles. The van der Waals surface area contributed by atoms with E-state index in [1.807, 2.05) is 37.3 Å². The van der Waals surface area contributed by atoms with Crippen molar-refractivity contribution in [2.75, 3.05) is 6.61 Å². The van der Waals surface area contributed by atoms with Crippen molar-refractivity contribution in [3.63, 3.8) is 0 Å². The zero-order valence-electron chi connectivity index (χ0n) is 16.8. The van der Waals surface area contributed by atoms with Gasteiger partial charge in [0.15, 0.2) is 0 Å². The molecule has 0 radical (unpaired) electrons. The van der Waals surface area contributed by atoms with Gasteiger partial charge in [0.05, 0.1) is 22.4 Å². The van der Waals surface area contributed by atoms with Gasteiger partial charge >= 0.3 is 29.6 Å². The molecule has 4 rings (SSSR count). The van der Waals surface area contributed by atoms with Crippen molar-refractivity contribution in [2.24, 2.45) is 5.73 Å². The van der Waals surface area contributed by atoms with Crippen molar-refractivity contribution in [1.29, 1.82) is 0 Å². The van der Waals surface area contributed by atoms with Gasteiger partial charge in [0.2, 0.25) is 5.91 Å². The van der Waals surface area contributed by atoms with Gasteiger partial charge in [-0.05, 0) is 42.3 Å². The number of carboxylic acids is 1. The number of rotatable bonds is 6. The van der Waals surface area contributed by atoms with Gasteiger partial charge in [-0.2, -0.15) is 0 Å². The van der Waals surface area contributed by atoms with Crippen LogP contribution in [0, 0.1) is 6.92 Å². The summed E-state index contributed by atoms with van der Waals surface area (Å²) in [5.41, 5.74) is 9.93. The fourth-order valence-corrected chi connectivity index (χ4v) is 3.74. The molecule has 4 aromatic rings. The summed E-state index contributed by atoms with van der Waals surface area (Å²) in [4.78, 5) is 23.0. The average Bonchev–Trinajstić information content (AvgIpc) is 3.02. The first-order valence-electron chi connectivity index (χ1n) is 9.18. The van der Waals surface area contributed by atoms with E-state index in [1.165, 1.54) is 0 Å². The molecule has 0 aliphatic rings. The summed E-state index contributed by atoms with van der Waals surface area (Å²) in [7, 11) is 0. The molecule has 3 aromatic carbocycles. The Morgan fingerprint density at radius 1 is 0.967 bits per heavy atom. The van der Waals surface area contributed by atoms with Crippen LogP contribution in [-0.2, 0) is 11.3 Å². The third-order valence-electron chi connectivity index (χ3n) is 5.08. The van der Waals surface area contributed by atoms with E-state index >= 15 is 0 Å². The smallest absolute Gasteiger partial charge is 0.546 e. The molecule has 0 spiro atoms. The number of fused-ring (bicyclic) bond motifs is 3. The van der Waals surface area contributed by atoms with Gasteiger partial charge < -0.3 is 24.9 Å². The van der Waals surface area contributed by atoms with Gasteiger partial charge in [-0.25, -0.2) is 0 Å². The van der Waals surface area contributed by atoms with Crippen LogP contribution in [0.5, 0.6) is 5.75 Å². The van der Waals surface area contributed by atoms with Gasteiger partial charge in [0.25, 0.3) is 0 Å². The SMILES string of the molecule is Cc1ccccc1Cn1c2cccc(OCC(=O)[O-])c2c2c(C(N)=O)cccc21.[Na+]. The summed E-state index contributed by atoms with van der Waals surface area (Å²) in [6, 6.07) is 18.8. The standard InChI is InChI=1S/C23H20N2O4.Na/c1-14-6-2-3-7-15(14)12-25-17-9-4-8-16(23(24)28)21(17)22-18(25)10-5-11-19(22)29-13-20(26)27;/h2-11H,12-13H2,1H3,(H2,24,28)(H,26,27);/q;+1/p-1. The second-order valence-corrected chi connectivity index (χ2v) is 6.89. The summed E-state index contributed by atoms with van der Waals surface area (Å²) in [6.07, 6.45) is 0. The number of hydrogen-bond donors (Lipinski definition) is 1. The van der Waals surface area contributed by atoms with Crippen LogP contribution in [-0.4, -0.2) is 23.1 Å². The van der Waals surface area contributed by atoms with Crippen LogP contribution in [0.4, 0.5) is 0 Å². The van der Waals surface area contributed by atoms with Crippen molar-refractivity contribution in [2.45, 2.75) is 13.5 Å². The number of ether oxygens (including phenoxy) is 1. The number of carboxylic acid groups (broad SMARTS) is 1. The van der Waals surface area contributed by atoms with Crippen LogP contribution in [0.25, 0.3) is 21.8 Å². The van der Waals surface area contributed by atoms with Crippen molar-refractivity contribution < 1.29 is 49.0 Å². The third kappa shape index (κ3) is 3.94. The van der Waals surface area contributed by atoms with Crippen LogP contribution < -0.4 is 45.1 Å². The molecule has 0 unspecified atom stereocenters. The molecule has 2 N–H and O–H groups in total. The molecule has 30 heavy (non-hydrogen) atoms. The number of primary amides is 1. The molecule has 1 heterocycles. The van der Waals surface area contributed by atoms with Crippen molar-refractivity contribution >= 4 is 33.7 Å². The summed E-state index contributed by atoms with van der Waals surface area (Å²) in [5.74, 6) is -1.50. The topological polar surface area (TPSA) is 97.4 Å². The molecule has 6 nitrogen and oxygen atoms in total. The number of nitrogens with zero attached hydrogens (tertiary/aromatic N) is 1. The first-order valence-corrected chi connectivity index (χ1v) is 9.18. The first-order chi connectivity index (χ1) is 14.0. The second-order valence-electron chi connectivity index (χ2n) is 6.89. The Morgan fingerprint density at radius 2 is 1.63 bits per heavy atom. The van der Waals surface area contributed by atoms with Gasteiger partial charge in [-0.15, -0.1) is 0 Å². The predicted molar refractivity (Wildman–Crippen MR) is 109 cm³/mol. The molecule has 1 amide bonds. The number of amides is 1. The van der Waals surface area contributed by atoms with Gasteiger partial charge in [0.1, 0.15) is 12.4 Å². The molecule has 0 saturated carbocycles. The summed E-state index contributed by atoms with van der Waals surface area (Å²) in [6.45, 7) is 2.05. The molecular weight excluding hydrogens is 391 g/mol. The molecule has 0 saturated heterocycles. The fourth-order valence-electron chi connectivity index (χ4n) is 3.74. The number of hydrogen-bond acceptors (Lipinski definition) is 4. The molecule has 0 aliphatic carbocycles. The Balaban J connectivity index is 0.00000256. The Kier molecular flexibility index (Phi) is 6.51. The third-order valence-corrected chi connectivity index (χ3v) is 5.08. The Morgan fingerprint density at radius 3 is 2.30 bits per heavy atom. The first kappa shape index (κ1) is 21.9. The van der Waals surface area contributed by atoms with Crippen LogP contribution in [0.2, 0.25) is 0 Å². The van der Waals surface area contributed by atoms with Crippen LogP contribution in [0.3, 0.4) is 0 Å². The monoisotopic (exact) mass is 410 g/mol. The largest absolute Gasteiger partial charge is 1.00 e. The number of carbonyl (C=O) groups excluding carboxylic acids is 2. The Hall–Kier alpha value is -2.80. The second kappa shape index (κ2) is 8.92. The van der Waals surface area contributed by atoms with E-state index in [0.717, 1.165) is 22.2 Å². The summed E-state index contributed by atoms with van der Waals surface area (Å²) in [5, 5.41) is 12.2. The van der Waals surface area contributed by atoms with Crippen molar-refractivity contribution in [3.8, 4) is 5.75 Å². The van der Waals surface area contributed by atoms with E-state index in [9.17, 15) is 14.7 Å². The number of benzene rings is 3. The number of nitrogens with two attached hydrogens (primary N) is 1. The van der Waals surface area contributed by atoms with Crippen molar-refractivity contribution in [1.82, 2.24) is 4.57 Å². The average molecular weight is 410 g/mol. The number of aromatic nitrogens is 1. The van der Waals surface area contributed by atoms with E-state index in [2.05, 4.69) is 10.6 Å². The van der Waals surface area contributed by atoms with E-state index in [4.69, 9.17) is 10.5 Å². The number of aryl methyl sites for hydroxylation is 1. The number of aliphatic carboxylic acids is 1. The molecule has 0 atom stereocenters. The Labute approximate surface area is 195 Å². The van der Waals surface area contributed by atoms with E-state index in [-0.39, 0.29) is 29.6 Å². The maximum Gasteiger partial charge on any atom is 1.00 e. The Bertz CT molecular complexity index is 1260. The molecule has 0 bridgehead atoms. The quantitative estimate of drug-likeness (QED) is 0.429. The van der Waals surface area contributed by atoms with E-state index in [0.29, 0.717) is 28.6 Å². The molecule has 0 fully saturated rings.